The van der Waals surface area contributed by atoms with Crippen LogP contribution in [0.3, 0.4) is 0 Å². The Labute approximate surface area is 167 Å². The number of benzene rings is 2. The maximum absolute atomic E-state index is 10.7. The molecule has 0 aliphatic heterocycles. The molecule has 0 radical (unpaired) electrons. The minimum Gasteiger partial charge on any atom is -0.493 e. The maximum atomic E-state index is 10.7. The molecule has 1 atom stereocenters. The molecular formula is C23H28O3S. The van der Waals surface area contributed by atoms with Crippen molar-refractivity contribution in [1.29, 1.82) is 0 Å². The van der Waals surface area contributed by atoms with Crippen LogP contribution in [0.4, 0.5) is 0 Å². The lowest BCUT2D eigenvalue weighted by Crippen LogP contribution is -2.08. The Morgan fingerprint density at radius 1 is 1.11 bits per heavy atom. The fourth-order valence-electron chi connectivity index (χ4n) is 2.51. The van der Waals surface area contributed by atoms with Crippen molar-refractivity contribution in [1.82, 2.24) is 0 Å². The molecule has 1 unspecified atom stereocenters. The van der Waals surface area contributed by atoms with E-state index in [0.29, 0.717) is 11.5 Å². The van der Waals surface area contributed by atoms with Crippen LogP contribution in [-0.4, -0.2) is 18.3 Å². The van der Waals surface area contributed by atoms with E-state index in [9.17, 15) is 5.11 Å². The predicted molar refractivity (Wildman–Crippen MR) is 112 cm³/mol. The molecule has 0 spiro atoms. The maximum Gasteiger partial charge on any atom is 0.162 e. The van der Waals surface area contributed by atoms with Gasteiger partial charge in [-0.25, -0.2) is 0 Å². The van der Waals surface area contributed by atoms with Crippen LogP contribution in [0.15, 0.2) is 47.4 Å². The second-order valence-corrected chi connectivity index (χ2v) is 7.47. The Balaban J connectivity index is 2.36. The van der Waals surface area contributed by atoms with Gasteiger partial charge >= 0.3 is 0 Å². The van der Waals surface area contributed by atoms with E-state index in [2.05, 4.69) is 30.9 Å². The molecule has 0 amide bonds. The molecule has 0 heterocycles. The van der Waals surface area contributed by atoms with Gasteiger partial charge < -0.3 is 14.6 Å². The van der Waals surface area contributed by atoms with Gasteiger partial charge in [-0.15, -0.1) is 17.7 Å². The summed E-state index contributed by atoms with van der Waals surface area (Å²) in [5.41, 5.74) is 1.98. The average Bonchev–Trinajstić information content (AvgIpc) is 2.67. The van der Waals surface area contributed by atoms with Crippen molar-refractivity contribution in [3.05, 3.63) is 53.6 Å². The van der Waals surface area contributed by atoms with Crippen LogP contribution in [0.2, 0.25) is 0 Å². The van der Waals surface area contributed by atoms with Crippen LogP contribution in [-0.2, 0) is 5.75 Å². The molecule has 4 heteroatoms. The molecule has 1 N–H and O–H groups in total. The molecule has 2 rings (SSSR count). The number of unbranched alkanes of at least 4 members (excludes halogenated alkanes) is 1. The quantitative estimate of drug-likeness (QED) is 0.474. The number of rotatable bonds is 8. The topological polar surface area (TPSA) is 38.7 Å². The Bertz CT molecular complexity index is 775. The third kappa shape index (κ3) is 6.53. The molecule has 27 heavy (non-hydrogen) atoms. The number of hydrogen-bond donors (Lipinski definition) is 1. The number of thioether (sulfide) groups is 1. The zero-order chi connectivity index (χ0) is 19.6. The molecule has 0 aliphatic carbocycles. The largest absolute Gasteiger partial charge is 0.493 e. The fourth-order valence-corrected chi connectivity index (χ4v) is 3.55. The van der Waals surface area contributed by atoms with Gasteiger partial charge in [0.2, 0.25) is 0 Å². The van der Waals surface area contributed by atoms with Crippen LogP contribution in [0.5, 0.6) is 11.5 Å². The van der Waals surface area contributed by atoms with Crippen molar-refractivity contribution in [3.63, 3.8) is 0 Å². The van der Waals surface area contributed by atoms with Gasteiger partial charge in [-0.05, 0) is 38.0 Å². The molecule has 3 nitrogen and oxygen atoms in total. The van der Waals surface area contributed by atoms with Gasteiger partial charge in [0, 0.05) is 22.6 Å². The monoisotopic (exact) mass is 384 g/mol. The number of aliphatic hydroxyl groups excluding tert-OH is 1. The number of ether oxygens (including phenoxy) is 2. The molecular weight excluding hydrogens is 356 g/mol. The third-order valence-electron chi connectivity index (χ3n) is 3.80. The lowest BCUT2D eigenvalue weighted by atomic mass is 10.1. The van der Waals surface area contributed by atoms with E-state index in [0.717, 1.165) is 29.1 Å². The van der Waals surface area contributed by atoms with Gasteiger partial charge in [0.15, 0.2) is 11.5 Å². The highest BCUT2D eigenvalue weighted by Gasteiger charge is 2.18. The van der Waals surface area contributed by atoms with Gasteiger partial charge in [-0.3, -0.25) is 0 Å². The molecule has 0 bridgehead atoms. The standard InChI is InChI=1S/C23H28O3S/c1-5-6-8-13-20(24)19-14-22(26-17(2)3)21(25-4)15-23(19)27-16-18-11-9-7-10-12-18/h7,9-12,14-15,17,20,24H,5-6,16H2,1-4H3. The van der Waals surface area contributed by atoms with Crippen molar-refractivity contribution in [2.45, 2.75) is 56.5 Å². The van der Waals surface area contributed by atoms with Gasteiger partial charge in [-0.1, -0.05) is 43.2 Å². The van der Waals surface area contributed by atoms with E-state index in [4.69, 9.17) is 9.47 Å². The Morgan fingerprint density at radius 3 is 2.48 bits per heavy atom. The van der Waals surface area contributed by atoms with Crippen molar-refractivity contribution >= 4 is 11.8 Å². The van der Waals surface area contributed by atoms with Crippen LogP contribution in [0, 0.1) is 11.8 Å². The first-order valence-electron chi connectivity index (χ1n) is 9.26. The van der Waals surface area contributed by atoms with Crippen molar-refractivity contribution in [2.24, 2.45) is 0 Å². The zero-order valence-electron chi connectivity index (χ0n) is 16.5. The summed E-state index contributed by atoms with van der Waals surface area (Å²) in [6.45, 7) is 6.01. The molecule has 0 saturated heterocycles. The molecule has 0 aromatic heterocycles. The first-order chi connectivity index (χ1) is 13.0. The SMILES string of the molecule is CCCC#CC(O)c1cc(OC(C)C)c(OC)cc1SCc1ccccc1. The van der Waals surface area contributed by atoms with Crippen molar-refractivity contribution in [3.8, 4) is 23.3 Å². The second-order valence-electron chi connectivity index (χ2n) is 6.46. The number of aliphatic hydroxyl groups is 1. The highest BCUT2D eigenvalue weighted by Crippen LogP contribution is 2.39. The molecule has 2 aromatic carbocycles. The van der Waals surface area contributed by atoms with Crippen molar-refractivity contribution in [2.75, 3.05) is 7.11 Å². The lowest BCUT2D eigenvalue weighted by molar-refractivity contribution is 0.220. The van der Waals surface area contributed by atoms with Crippen LogP contribution >= 0.6 is 11.8 Å². The van der Waals surface area contributed by atoms with Crippen LogP contribution < -0.4 is 9.47 Å². The summed E-state index contributed by atoms with van der Waals surface area (Å²) in [5, 5.41) is 10.7. The van der Waals surface area contributed by atoms with E-state index in [1.807, 2.05) is 44.2 Å². The molecule has 0 aliphatic rings. The van der Waals surface area contributed by atoms with Gasteiger partial charge in [0.25, 0.3) is 0 Å². The van der Waals surface area contributed by atoms with E-state index >= 15 is 0 Å². The molecule has 0 fully saturated rings. The van der Waals surface area contributed by atoms with E-state index in [1.165, 1.54) is 5.56 Å². The highest BCUT2D eigenvalue weighted by atomic mass is 32.2. The van der Waals surface area contributed by atoms with Crippen LogP contribution in [0.1, 0.15) is 50.8 Å². The minimum absolute atomic E-state index is 0.0119. The second kappa shape index (κ2) is 10.9. The van der Waals surface area contributed by atoms with Crippen LogP contribution in [0.25, 0.3) is 0 Å². The number of hydrogen-bond acceptors (Lipinski definition) is 4. The summed E-state index contributed by atoms with van der Waals surface area (Å²) >= 11 is 1.66. The Morgan fingerprint density at radius 2 is 1.85 bits per heavy atom. The normalized spacial score (nSPS) is 11.6. The average molecular weight is 385 g/mol. The third-order valence-corrected chi connectivity index (χ3v) is 4.95. The fraction of sp³-hybridized carbons (Fsp3) is 0.391. The summed E-state index contributed by atoms with van der Waals surface area (Å²) in [7, 11) is 1.63. The molecule has 2 aromatic rings. The summed E-state index contributed by atoms with van der Waals surface area (Å²) in [5.74, 6) is 8.09. The first kappa shape index (κ1) is 21.2. The predicted octanol–water partition coefficient (Wildman–Crippen LogP) is 5.61. The first-order valence-corrected chi connectivity index (χ1v) is 10.3. The van der Waals surface area contributed by atoms with E-state index in [-0.39, 0.29) is 6.10 Å². The smallest absolute Gasteiger partial charge is 0.162 e. The van der Waals surface area contributed by atoms with Crippen molar-refractivity contribution < 1.29 is 14.6 Å². The molecule has 0 saturated carbocycles. The van der Waals surface area contributed by atoms with E-state index in [1.54, 1.807) is 18.9 Å². The summed E-state index contributed by atoms with van der Waals surface area (Å²) in [6.07, 6.45) is 0.905. The Kier molecular flexibility index (Phi) is 8.57. The highest BCUT2D eigenvalue weighted by molar-refractivity contribution is 7.98. The van der Waals surface area contributed by atoms with Gasteiger partial charge in [0.05, 0.1) is 13.2 Å². The molecule has 144 valence electrons. The summed E-state index contributed by atoms with van der Waals surface area (Å²) < 4.78 is 11.4. The van der Waals surface area contributed by atoms with Gasteiger partial charge in [-0.2, -0.15) is 0 Å². The number of methoxy groups -OCH3 is 1. The summed E-state index contributed by atoms with van der Waals surface area (Å²) in [6, 6.07) is 14.1. The summed E-state index contributed by atoms with van der Waals surface area (Å²) in [4.78, 5) is 0.949. The lowest BCUT2D eigenvalue weighted by Gasteiger charge is -2.18. The van der Waals surface area contributed by atoms with Gasteiger partial charge in [0.1, 0.15) is 6.10 Å². The zero-order valence-corrected chi connectivity index (χ0v) is 17.3. The Hall–Kier alpha value is -2.09. The minimum atomic E-state index is -0.852. The van der Waals surface area contributed by atoms with E-state index < -0.39 is 6.10 Å².